The highest BCUT2D eigenvalue weighted by atomic mass is 127. The van der Waals surface area contributed by atoms with Crippen molar-refractivity contribution in [1.29, 1.82) is 0 Å². The summed E-state index contributed by atoms with van der Waals surface area (Å²) in [4.78, 5) is 6.45. The standard InChI is InChI=1S/C18H26ClN5.HI/c1-14-12-15(2)24(22-14)11-5-10-21-18(20-3)23(4)13-16-6-8-17(19)9-7-16;/h6-9,12H,5,10-11,13H2,1-4H3,(H,20,21);1H. The second-order valence-corrected chi connectivity index (χ2v) is 6.40. The number of aliphatic imine (C=N–C) groups is 1. The van der Waals surface area contributed by atoms with Crippen LogP contribution < -0.4 is 5.32 Å². The fraction of sp³-hybridized carbons (Fsp3) is 0.444. The predicted molar refractivity (Wildman–Crippen MR) is 116 cm³/mol. The quantitative estimate of drug-likeness (QED) is 0.299. The Hall–Kier alpha value is -1.28. The normalized spacial score (nSPS) is 11.2. The van der Waals surface area contributed by atoms with E-state index in [1.165, 1.54) is 11.3 Å². The van der Waals surface area contributed by atoms with Gasteiger partial charge in [-0.2, -0.15) is 5.10 Å². The topological polar surface area (TPSA) is 45.5 Å². The lowest BCUT2D eigenvalue weighted by Crippen LogP contribution is -2.39. The first-order chi connectivity index (χ1) is 11.5. The van der Waals surface area contributed by atoms with Gasteiger partial charge in [0.2, 0.25) is 0 Å². The Morgan fingerprint density at radius 3 is 2.52 bits per heavy atom. The van der Waals surface area contributed by atoms with Gasteiger partial charge in [-0.25, -0.2) is 0 Å². The Kier molecular flexibility index (Phi) is 9.27. The number of hydrogen-bond donors (Lipinski definition) is 1. The van der Waals surface area contributed by atoms with Crippen molar-refractivity contribution in [2.75, 3.05) is 20.6 Å². The van der Waals surface area contributed by atoms with E-state index in [1.54, 1.807) is 0 Å². The average molecular weight is 476 g/mol. The monoisotopic (exact) mass is 475 g/mol. The zero-order valence-electron chi connectivity index (χ0n) is 15.3. The van der Waals surface area contributed by atoms with E-state index >= 15 is 0 Å². The van der Waals surface area contributed by atoms with Crippen molar-refractivity contribution in [3.63, 3.8) is 0 Å². The molecule has 2 aromatic rings. The van der Waals surface area contributed by atoms with Crippen LogP contribution in [0.5, 0.6) is 0 Å². The highest BCUT2D eigenvalue weighted by Gasteiger charge is 2.07. The molecule has 0 unspecified atom stereocenters. The zero-order valence-corrected chi connectivity index (χ0v) is 18.4. The highest BCUT2D eigenvalue weighted by molar-refractivity contribution is 14.0. The summed E-state index contributed by atoms with van der Waals surface area (Å²) in [5.74, 6) is 0.887. The molecule has 0 aliphatic heterocycles. The molecule has 7 heteroatoms. The number of benzene rings is 1. The van der Waals surface area contributed by atoms with Crippen LogP contribution in [0.1, 0.15) is 23.4 Å². The first-order valence-corrected chi connectivity index (χ1v) is 8.54. The molecule has 0 amide bonds. The summed E-state index contributed by atoms with van der Waals surface area (Å²) >= 11 is 5.93. The van der Waals surface area contributed by atoms with Gasteiger partial charge in [-0.1, -0.05) is 23.7 Å². The minimum absolute atomic E-state index is 0. The van der Waals surface area contributed by atoms with Crippen molar-refractivity contribution in [2.24, 2.45) is 4.99 Å². The van der Waals surface area contributed by atoms with Crippen LogP contribution in [0, 0.1) is 13.8 Å². The molecule has 0 aliphatic rings. The van der Waals surface area contributed by atoms with Crippen molar-refractivity contribution in [1.82, 2.24) is 20.0 Å². The lowest BCUT2D eigenvalue weighted by atomic mass is 10.2. The molecule has 1 heterocycles. The van der Waals surface area contributed by atoms with E-state index in [1.807, 2.05) is 45.3 Å². The molecule has 0 saturated carbocycles. The molecule has 1 N–H and O–H groups in total. The van der Waals surface area contributed by atoms with Crippen molar-refractivity contribution in [2.45, 2.75) is 33.4 Å². The summed E-state index contributed by atoms with van der Waals surface area (Å²) in [5, 5.41) is 8.65. The number of aryl methyl sites for hydroxylation is 3. The van der Waals surface area contributed by atoms with Crippen LogP contribution in [0.3, 0.4) is 0 Å². The molecule has 0 radical (unpaired) electrons. The fourth-order valence-corrected chi connectivity index (χ4v) is 2.78. The summed E-state index contributed by atoms with van der Waals surface area (Å²) < 4.78 is 2.05. The van der Waals surface area contributed by atoms with E-state index in [9.17, 15) is 0 Å². The van der Waals surface area contributed by atoms with E-state index in [2.05, 4.69) is 38.0 Å². The molecule has 0 bridgehead atoms. The Balaban J connectivity index is 0.00000312. The van der Waals surface area contributed by atoms with E-state index in [0.717, 1.165) is 42.7 Å². The van der Waals surface area contributed by atoms with E-state index in [0.29, 0.717) is 0 Å². The van der Waals surface area contributed by atoms with Gasteiger partial charge in [-0.05, 0) is 44.0 Å². The molecular formula is C18H27ClIN5. The first kappa shape index (κ1) is 21.8. The zero-order chi connectivity index (χ0) is 17.5. The minimum atomic E-state index is 0. The van der Waals surface area contributed by atoms with Gasteiger partial charge < -0.3 is 10.2 Å². The van der Waals surface area contributed by atoms with Crippen LogP contribution in [-0.4, -0.2) is 41.3 Å². The Labute approximate surface area is 172 Å². The van der Waals surface area contributed by atoms with Crippen LogP contribution in [-0.2, 0) is 13.1 Å². The third kappa shape index (κ3) is 6.86. The molecule has 0 spiro atoms. The Morgan fingerprint density at radius 1 is 1.28 bits per heavy atom. The number of halogens is 2. The number of aromatic nitrogens is 2. The summed E-state index contributed by atoms with van der Waals surface area (Å²) in [6.07, 6.45) is 0.996. The summed E-state index contributed by atoms with van der Waals surface area (Å²) in [6, 6.07) is 10.0. The lowest BCUT2D eigenvalue weighted by Gasteiger charge is -2.22. The second kappa shape index (κ2) is 10.7. The van der Waals surface area contributed by atoms with Crippen LogP contribution in [0.2, 0.25) is 5.02 Å². The van der Waals surface area contributed by atoms with Crippen molar-refractivity contribution in [3.05, 3.63) is 52.3 Å². The smallest absolute Gasteiger partial charge is 0.193 e. The van der Waals surface area contributed by atoms with Gasteiger partial charge in [0.15, 0.2) is 5.96 Å². The van der Waals surface area contributed by atoms with Gasteiger partial charge in [0.05, 0.1) is 5.69 Å². The van der Waals surface area contributed by atoms with E-state index in [-0.39, 0.29) is 24.0 Å². The molecule has 25 heavy (non-hydrogen) atoms. The fourth-order valence-electron chi connectivity index (χ4n) is 2.65. The minimum Gasteiger partial charge on any atom is -0.356 e. The summed E-state index contributed by atoms with van der Waals surface area (Å²) in [6.45, 7) is 6.66. The third-order valence-electron chi connectivity index (χ3n) is 3.84. The molecule has 0 saturated heterocycles. The van der Waals surface area contributed by atoms with Crippen molar-refractivity contribution < 1.29 is 0 Å². The van der Waals surface area contributed by atoms with Gasteiger partial charge >= 0.3 is 0 Å². The molecule has 0 aliphatic carbocycles. The molecular weight excluding hydrogens is 449 g/mol. The van der Waals surface area contributed by atoms with Gasteiger partial charge in [0, 0.05) is 44.4 Å². The highest BCUT2D eigenvalue weighted by Crippen LogP contribution is 2.11. The Morgan fingerprint density at radius 2 is 1.96 bits per heavy atom. The lowest BCUT2D eigenvalue weighted by molar-refractivity contribution is 0.470. The van der Waals surface area contributed by atoms with Gasteiger partial charge in [-0.15, -0.1) is 24.0 Å². The van der Waals surface area contributed by atoms with Gasteiger partial charge in [0.1, 0.15) is 0 Å². The first-order valence-electron chi connectivity index (χ1n) is 8.17. The predicted octanol–water partition coefficient (Wildman–Crippen LogP) is 3.87. The van der Waals surface area contributed by atoms with Gasteiger partial charge in [-0.3, -0.25) is 9.67 Å². The van der Waals surface area contributed by atoms with E-state index < -0.39 is 0 Å². The number of nitrogens with one attached hydrogen (secondary N) is 1. The summed E-state index contributed by atoms with van der Waals surface area (Å²) in [7, 11) is 3.84. The Bertz CT molecular complexity index is 681. The number of rotatable bonds is 6. The van der Waals surface area contributed by atoms with Crippen LogP contribution >= 0.6 is 35.6 Å². The summed E-state index contributed by atoms with van der Waals surface area (Å²) in [5.41, 5.74) is 3.48. The molecule has 0 atom stereocenters. The second-order valence-electron chi connectivity index (χ2n) is 5.96. The average Bonchev–Trinajstić information content (AvgIpc) is 2.87. The third-order valence-corrected chi connectivity index (χ3v) is 4.09. The number of nitrogens with zero attached hydrogens (tertiary/aromatic N) is 4. The van der Waals surface area contributed by atoms with Crippen LogP contribution in [0.4, 0.5) is 0 Å². The van der Waals surface area contributed by atoms with Gasteiger partial charge in [0.25, 0.3) is 0 Å². The molecule has 0 fully saturated rings. The SMILES string of the molecule is CN=C(NCCCn1nc(C)cc1C)N(C)Cc1ccc(Cl)cc1.I. The van der Waals surface area contributed by atoms with Crippen molar-refractivity contribution in [3.8, 4) is 0 Å². The number of hydrogen-bond acceptors (Lipinski definition) is 2. The molecule has 5 nitrogen and oxygen atoms in total. The molecule has 1 aromatic carbocycles. The maximum atomic E-state index is 5.93. The maximum absolute atomic E-state index is 5.93. The molecule has 138 valence electrons. The maximum Gasteiger partial charge on any atom is 0.193 e. The van der Waals surface area contributed by atoms with Crippen LogP contribution in [0.15, 0.2) is 35.3 Å². The molecule has 1 aromatic heterocycles. The largest absolute Gasteiger partial charge is 0.356 e. The van der Waals surface area contributed by atoms with E-state index in [4.69, 9.17) is 11.6 Å². The number of guanidine groups is 1. The van der Waals surface area contributed by atoms with Crippen molar-refractivity contribution >= 4 is 41.5 Å². The molecule has 2 rings (SSSR count). The van der Waals surface area contributed by atoms with Crippen LogP contribution in [0.25, 0.3) is 0 Å².